The number of hydrogen-bond acceptors (Lipinski definition) is 13. The normalized spacial score (nSPS) is 14.7. The topological polar surface area (TPSA) is 200 Å². The minimum atomic E-state index is -4.84. The number of nitrogens with zero attached hydrogens (tertiary/aromatic N) is 4. The molecule has 18 heteroatoms. The molecule has 0 fully saturated rings. The van der Waals surface area contributed by atoms with Gasteiger partial charge in [-0.15, -0.1) is 0 Å². The molecule has 1 aliphatic heterocycles. The summed E-state index contributed by atoms with van der Waals surface area (Å²) in [6, 6.07) is 14.5. The maximum absolute atomic E-state index is 14.6. The fourth-order valence-corrected chi connectivity index (χ4v) is 8.45. The first kappa shape index (κ1) is 50.5. The Hall–Kier alpha value is -6.17. The average molecular weight is 908 g/mol. The molecule has 4 amide bonds. The highest BCUT2D eigenvalue weighted by Gasteiger charge is 2.45. The van der Waals surface area contributed by atoms with Crippen molar-refractivity contribution in [1.29, 1.82) is 0 Å². The number of aromatic nitrogens is 1. The van der Waals surface area contributed by atoms with E-state index >= 15 is 0 Å². The Morgan fingerprint density at radius 2 is 1.39 bits per heavy atom. The summed E-state index contributed by atoms with van der Waals surface area (Å²) >= 11 is 0. The van der Waals surface area contributed by atoms with Crippen LogP contribution in [0.4, 0.5) is 20.2 Å². The first-order chi connectivity index (χ1) is 29.6. The number of pyridine rings is 1. The number of rotatable bonds is 14. The number of sulfonamides is 1. The van der Waals surface area contributed by atoms with Crippen LogP contribution in [-0.4, -0.2) is 108 Å². The van der Waals surface area contributed by atoms with Gasteiger partial charge in [0.1, 0.15) is 35.0 Å². The van der Waals surface area contributed by atoms with Gasteiger partial charge in [0, 0.05) is 6.20 Å². The number of hydrogen-bond donors (Lipinski definition) is 1. The van der Waals surface area contributed by atoms with E-state index in [2.05, 4.69) is 10.3 Å². The molecule has 3 aromatic rings. The predicted octanol–water partition coefficient (Wildman–Crippen LogP) is 7.12. The zero-order valence-corrected chi connectivity index (χ0v) is 39.5. The molecule has 17 nitrogen and oxygen atoms in total. The van der Waals surface area contributed by atoms with Crippen molar-refractivity contribution in [3.8, 4) is 0 Å². The van der Waals surface area contributed by atoms with Crippen LogP contribution in [0.1, 0.15) is 84.6 Å². The Kier molecular flexibility index (Phi) is 16.2. The number of ether oxygens (including phenoxy) is 5. The van der Waals surface area contributed by atoms with E-state index in [1.54, 1.807) is 132 Å². The summed E-state index contributed by atoms with van der Waals surface area (Å²) in [4.78, 5) is 75.4. The third-order valence-electron chi connectivity index (χ3n) is 8.99. The fourth-order valence-electron chi connectivity index (χ4n) is 6.59. The second-order valence-corrected chi connectivity index (χ2v) is 20.1. The molecule has 348 valence electrons. The minimum Gasteiger partial charge on any atom is -0.486 e. The van der Waals surface area contributed by atoms with Gasteiger partial charge >= 0.3 is 24.2 Å². The van der Waals surface area contributed by atoms with E-state index < -0.39 is 82.2 Å². The van der Waals surface area contributed by atoms with Crippen molar-refractivity contribution in [2.24, 2.45) is 0 Å². The molecule has 0 unspecified atom stereocenters. The number of esters is 1. The highest BCUT2D eigenvalue weighted by atomic mass is 32.2. The summed E-state index contributed by atoms with van der Waals surface area (Å²) in [5.41, 5.74) is -1.02. The molecule has 1 aromatic heterocycles. The summed E-state index contributed by atoms with van der Waals surface area (Å²) in [5.74, 6) is -1.52. The lowest BCUT2D eigenvalue weighted by atomic mass is 10.1. The van der Waals surface area contributed by atoms with Crippen LogP contribution in [-0.2, 0) is 49.9 Å². The van der Waals surface area contributed by atoms with Crippen LogP contribution in [0.15, 0.2) is 83.6 Å². The third-order valence-corrected chi connectivity index (χ3v) is 11.1. The van der Waals surface area contributed by atoms with E-state index in [9.17, 15) is 32.4 Å². The van der Waals surface area contributed by atoms with Gasteiger partial charge in [0.25, 0.3) is 15.9 Å². The quantitative estimate of drug-likeness (QED) is 0.127. The summed E-state index contributed by atoms with van der Waals surface area (Å²) < 4.78 is 57.9. The molecular formula is C46H61N5O12S. The summed E-state index contributed by atoms with van der Waals surface area (Å²) in [7, 11) is -4.84. The van der Waals surface area contributed by atoms with E-state index in [4.69, 9.17) is 23.7 Å². The number of carbonyl (C=O) groups excluding carboxylic acids is 5. The Labute approximate surface area is 376 Å². The van der Waals surface area contributed by atoms with Gasteiger partial charge in [-0.2, -0.15) is 4.31 Å². The van der Waals surface area contributed by atoms with Gasteiger partial charge in [-0.25, -0.2) is 32.6 Å². The van der Waals surface area contributed by atoms with Crippen molar-refractivity contribution in [1.82, 2.24) is 19.5 Å². The van der Waals surface area contributed by atoms with Gasteiger partial charge in [0.2, 0.25) is 0 Å². The Balaban J connectivity index is 1.63. The standard InChI is InChI=1S/C46H61N5O12S/c1-30-22-31(2)39(32(3)23-30)64(57,58)51(43(56)63-46(10,11)12)36(40(53)61-44(4,5)6)25-48-38(52)29-59-35-24-34(49(27-35)41(54)60-28-33-18-14-13-15-19-33)26-50(37-20-16-17-21-47-37)42(55)62-45(7,8)9/h13-24,34,36H,25-29H2,1-12H3,(H,48,52)/t34-,36-/m0/s1. The van der Waals surface area contributed by atoms with Crippen molar-refractivity contribution in [2.75, 3.05) is 31.1 Å². The molecule has 0 spiro atoms. The molecule has 4 rings (SSSR count). The van der Waals surface area contributed by atoms with Gasteiger partial charge < -0.3 is 29.0 Å². The van der Waals surface area contributed by atoms with Crippen LogP contribution in [0.3, 0.4) is 0 Å². The Bertz CT molecular complexity index is 2280. The molecule has 0 aliphatic carbocycles. The highest BCUT2D eigenvalue weighted by Crippen LogP contribution is 2.30. The first-order valence-corrected chi connectivity index (χ1v) is 22.2. The van der Waals surface area contributed by atoms with Gasteiger partial charge in [-0.3, -0.25) is 14.6 Å². The van der Waals surface area contributed by atoms with E-state index in [1.807, 2.05) is 18.2 Å². The third kappa shape index (κ3) is 14.4. The van der Waals surface area contributed by atoms with Crippen LogP contribution in [0.5, 0.6) is 0 Å². The first-order valence-electron chi connectivity index (χ1n) is 20.7. The number of aryl methyl sites for hydroxylation is 3. The largest absolute Gasteiger partial charge is 0.486 e. The lowest BCUT2D eigenvalue weighted by molar-refractivity contribution is -0.159. The number of anilines is 1. The van der Waals surface area contributed by atoms with Crippen molar-refractivity contribution < 1.29 is 56.1 Å². The van der Waals surface area contributed by atoms with Crippen LogP contribution in [0.25, 0.3) is 0 Å². The molecule has 0 saturated heterocycles. The van der Waals surface area contributed by atoms with E-state index in [-0.39, 0.29) is 36.2 Å². The van der Waals surface area contributed by atoms with E-state index in [1.165, 1.54) is 16.0 Å². The van der Waals surface area contributed by atoms with Gasteiger partial charge in [-0.05, 0) is 118 Å². The maximum Gasteiger partial charge on any atom is 0.425 e. The van der Waals surface area contributed by atoms with Gasteiger partial charge in [0.15, 0.2) is 12.6 Å². The summed E-state index contributed by atoms with van der Waals surface area (Å²) in [6.45, 7) is 17.7. The van der Waals surface area contributed by atoms with Gasteiger partial charge in [0.05, 0.1) is 30.6 Å². The molecule has 0 bridgehead atoms. The molecule has 0 saturated carbocycles. The minimum absolute atomic E-state index is 0.0462. The second-order valence-electron chi connectivity index (χ2n) is 18.3. The molecule has 1 aliphatic rings. The van der Waals surface area contributed by atoms with E-state index in [0.29, 0.717) is 15.4 Å². The summed E-state index contributed by atoms with van der Waals surface area (Å²) in [5, 5.41) is 2.52. The molecule has 1 N–H and O–H groups in total. The van der Waals surface area contributed by atoms with Crippen LogP contribution in [0, 0.1) is 20.8 Å². The Morgan fingerprint density at radius 3 is 1.95 bits per heavy atom. The molecular weight excluding hydrogens is 847 g/mol. The Morgan fingerprint density at radius 1 is 0.812 bits per heavy atom. The van der Waals surface area contributed by atoms with Crippen LogP contribution in [0.2, 0.25) is 0 Å². The molecule has 2 aromatic carbocycles. The van der Waals surface area contributed by atoms with Crippen LogP contribution >= 0.6 is 0 Å². The average Bonchev–Trinajstić information content (AvgIpc) is 3.57. The van der Waals surface area contributed by atoms with Crippen molar-refractivity contribution in [2.45, 2.75) is 123 Å². The monoisotopic (exact) mass is 907 g/mol. The van der Waals surface area contributed by atoms with Crippen molar-refractivity contribution >= 4 is 46.0 Å². The smallest absolute Gasteiger partial charge is 0.425 e. The molecule has 2 heterocycles. The summed E-state index contributed by atoms with van der Waals surface area (Å²) in [6.07, 6.45) is 0.252. The lowest BCUT2D eigenvalue weighted by Crippen LogP contribution is -2.56. The zero-order chi connectivity index (χ0) is 47.8. The number of carbonyl (C=O) groups is 5. The fraction of sp³-hybridized carbons (Fsp3) is 0.478. The highest BCUT2D eigenvalue weighted by molar-refractivity contribution is 7.89. The number of amides is 4. The second kappa shape index (κ2) is 20.6. The predicted molar refractivity (Wildman–Crippen MR) is 238 cm³/mol. The number of benzene rings is 2. The molecule has 2 atom stereocenters. The zero-order valence-electron chi connectivity index (χ0n) is 38.7. The molecule has 64 heavy (non-hydrogen) atoms. The van der Waals surface area contributed by atoms with E-state index in [0.717, 1.165) is 11.1 Å². The van der Waals surface area contributed by atoms with Crippen molar-refractivity contribution in [3.05, 3.63) is 101 Å². The van der Waals surface area contributed by atoms with Crippen molar-refractivity contribution in [3.63, 3.8) is 0 Å². The van der Waals surface area contributed by atoms with Crippen LogP contribution < -0.4 is 10.2 Å². The lowest BCUT2D eigenvalue weighted by Gasteiger charge is -2.34. The SMILES string of the molecule is Cc1cc(C)c(S(=O)(=O)N(C(=O)OC(C)(C)C)[C@@H](CNC(=O)COC2=C[C@@H](CN(C(=O)OC(C)(C)C)c3ccccn3)N(C(=O)OCc3ccccc3)C2)C(=O)OC(C)(C)C)c(C)c1. The maximum atomic E-state index is 14.6. The van der Waals surface area contributed by atoms with Gasteiger partial charge in [-0.1, -0.05) is 54.1 Å². The number of nitrogens with one attached hydrogen (secondary N) is 1. The molecule has 0 radical (unpaired) electrons.